The van der Waals surface area contributed by atoms with Crippen LogP contribution in [0.5, 0.6) is 0 Å². The number of rotatable bonds is 8. The van der Waals surface area contributed by atoms with Crippen LogP contribution in [0.2, 0.25) is 5.02 Å². The van der Waals surface area contributed by atoms with Gasteiger partial charge < -0.3 is 10.6 Å². The molecule has 0 bridgehead atoms. The molecular formula is C22H20ClFN2O4S2. The average Bonchev–Trinajstić information content (AvgIpc) is 3.29. The van der Waals surface area contributed by atoms with E-state index in [1.54, 1.807) is 29.6 Å². The minimum atomic E-state index is -3.93. The lowest BCUT2D eigenvalue weighted by Crippen LogP contribution is -2.42. The Labute approximate surface area is 194 Å². The second kappa shape index (κ2) is 10.7. The number of benzene rings is 2. The van der Waals surface area contributed by atoms with Gasteiger partial charge in [0.2, 0.25) is 0 Å². The van der Waals surface area contributed by atoms with Crippen LogP contribution in [0.25, 0.3) is 0 Å². The SMILES string of the molecule is O=C(NCCc1ccc(Cl)cc1)C(=O)NCC(c1cccs1)S(=O)(=O)c1ccc(F)cc1. The quantitative estimate of drug-likeness (QED) is 0.370. The summed E-state index contributed by atoms with van der Waals surface area (Å²) >= 11 is 7.05. The highest BCUT2D eigenvalue weighted by atomic mass is 35.5. The van der Waals surface area contributed by atoms with Crippen LogP contribution in [0, 0.1) is 5.82 Å². The van der Waals surface area contributed by atoms with Gasteiger partial charge in [0.25, 0.3) is 0 Å². The predicted molar refractivity (Wildman–Crippen MR) is 122 cm³/mol. The highest BCUT2D eigenvalue weighted by molar-refractivity contribution is 7.91. The summed E-state index contributed by atoms with van der Waals surface area (Å²) in [7, 11) is -3.93. The summed E-state index contributed by atoms with van der Waals surface area (Å²) in [5, 5.41) is 6.12. The van der Waals surface area contributed by atoms with E-state index in [0.29, 0.717) is 16.3 Å². The van der Waals surface area contributed by atoms with Gasteiger partial charge in [-0.05, 0) is 59.8 Å². The molecule has 0 radical (unpaired) electrons. The van der Waals surface area contributed by atoms with Crippen molar-refractivity contribution in [2.24, 2.45) is 0 Å². The average molecular weight is 495 g/mol. The van der Waals surface area contributed by atoms with Crippen molar-refractivity contribution < 1.29 is 22.4 Å². The van der Waals surface area contributed by atoms with Crippen molar-refractivity contribution in [3.05, 3.63) is 87.3 Å². The Bertz CT molecular complexity index is 1170. The molecule has 1 unspecified atom stereocenters. The van der Waals surface area contributed by atoms with E-state index in [9.17, 15) is 22.4 Å². The first-order chi connectivity index (χ1) is 15.3. The first kappa shape index (κ1) is 23.9. The molecule has 2 amide bonds. The first-order valence-corrected chi connectivity index (χ1v) is 12.4. The van der Waals surface area contributed by atoms with Crippen LogP contribution in [-0.4, -0.2) is 33.3 Å². The van der Waals surface area contributed by atoms with Gasteiger partial charge >= 0.3 is 11.8 Å². The zero-order chi connectivity index (χ0) is 23.1. The van der Waals surface area contributed by atoms with E-state index in [1.807, 2.05) is 12.1 Å². The molecule has 1 aromatic heterocycles. The summed E-state index contributed by atoms with van der Waals surface area (Å²) in [5.41, 5.74) is 0.943. The number of sulfone groups is 1. The summed E-state index contributed by atoms with van der Waals surface area (Å²) < 4.78 is 39.4. The molecule has 10 heteroatoms. The molecule has 0 aliphatic carbocycles. The number of amides is 2. The number of thiophene rings is 1. The second-order valence-electron chi connectivity index (χ2n) is 6.85. The van der Waals surface area contributed by atoms with Crippen LogP contribution in [-0.2, 0) is 25.8 Å². The van der Waals surface area contributed by atoms with Gasteiger partial charge in [0.05, 0.1) is 4.90 Å². The Hall–Kier alpha value is -2.75. The van der Waals surface area contributed by atoms with Crippen LogP contribution in [0.15, 0.2) is 70.9 Å². The van der Waals surface area contributed by atoms with Crippen LogP contribution in [0.3, 0.4) is 0 Å². The van der Waals surface area contributed by atoms with Crippen LogP contribution < -0.4 is 10.6 Å². The molecule has 3 rings (SSSR count). The molecule has 168 valence electrons. The minimum absolute atomic E-state index is 0.0704. The minimum Gasteiger partial charge on any atom is -0.348 e. The zero-order valence-corrected chi connectivity index (χ0v) is 19.1. The molecule has 0 aliphatic rings. The molecular weight excluding hydrogens is 475 g/mol. The topological polar surface area (TPSA) is 92.3 Å². The summed E-state index contributed by atoms with van der Waals surface area (Å²) in [6.45, 7) is -0.0697. The first-order valence-electron chi connectivity index (χ1n) is 9.60. The van der Waals surface area contributed by atoms with Crippen LogP contribution >= 0.6 is 22.9 Å². The third kappa shape index (κ3) is 6.15. The smallest absolute Gasteiger partial charge is 0.309 e. The summed E-state index contributed by atoms with van der Waals surface area (Å²) in [4.78, 5) is 24.8. The largest absolute Gasteiger partial charge is 0.348 e. The highest BCUT2D eigenvalue weighted by Gasteiger charge is 2.31. The summed E-state index contributed by atoms with van der Waals surface area (Å²) in [5.74, 6) is -2.35. The van der Waals surface area contributed by atoms with Gasteiger partial charge in [-0.3, -0.25) is 9.59 Å². The Morgan fingerprint density at radius 3 is 2.25 bits per heavy atom. The van der Waals surface area contributed by atoms with Gasteiger partial charge in [-0.25, -0.2) is 12.8 Å². The van der Waals surface area contributed by atoms with Gasteiger partial charge in [-0.2, -0.15) is 0 Å². The molecule has 3 aromatic rings. The summed E-state index contributed by atoms with van der Waals surface area (Å²) in [6, 6.07) is 14.9. The Balaban J connectivity index is 1.61. The molecule has 1 heterocycles. The van der Waals surface area contributed by atoms with Crippen LogP contribution in [0.4, 0.5) is 4.39 Å². The lowest BCUT2D eigenvalue weighted by Gasteiger charge is -2.17. The number of halogens is 2. The third-order valence-corrected chi connectivity index (χ3v) is 8.13. The molecule has 0 aliphatic heterocycles. The molecule has 2 N–H and O–H groups in total. The maximum atomic E-state index is 13.2. The van der Waals surface area contributed by atoms with E-state index in [2.05, 4.69) is 10.6 Å². The van der Waals surface area contributed by atoms with E-state index in [-0.39, 0.29) is 18.0 Å². The van der Waals surface area contributed by atoms with Crippen LogP contribution in [0.1, 0.15) is 15.7 Å². The zero-order valence-electron chi connectivity index (χ0n) is 16.8. The van der Waals surface area contributed by atoms with Gasteiger partial charge in [0.1, 0.15) is 11.1 Å². The van der Waals surface area contributed by atoms with E-state index >= 15 is 0 Å². The van der Waals surface area contributed by atoms with Crippen molar-refractivity contribution in [1.29, 1.82) is 0 Å². The molecule has 0 saturated heterocycles. The van der Waals surface area contributed by atoms with Crippen molar-refractivity contribution in [2.75, 3.05) is 13.1 Å². The van der Waals surface area contributed by atoms with Gasteiger partial charge in [-0.15, -0.1) is 11.3 Å². The van der Waals surface area contributed by atoms with Gasteiger partial charge in [-0.1, -0.05) is 29.8 Å². The monoisotopic (exact) mass is 494 g/mol. The number of carbonyl (C=O) groups excluding carboxylic acids is 2. The molecule has 32 heavy (non-hydrogen) atoms. The van der Waals surface area contributed by atoms with E-state index < -0.39 is 32.7 Å². The molecule has 0 fully saturated rings. The third-order valence-electron chi connectivity index (χ3n) is 4.64. The molecule has 0 spiro atoms. The van der Waals surface area contributed by atoms with Gasteiger partial charge in [0, 0.05) is 23.0 Å². The Morgan fingerprint density at radius 2 is 1.62 bits per heavy atom. The van der Waals surface area contributed by atoms with Crippen molar-refractivity contribution >= 4 is 44.6 Å². The van der Waals surface area contributed by atoms with E-state index in [0.717, 1.165) is 17.7 Å². The van der Waals surface area contributed by atoms with E-state index in [4.69, 9.17) is 11.6 Å². The number of hydrogen-bond donors (Lipinski definition) is 2. The fourth-order valence-corrected chi connectivity index (χ4v) is 5.85. The lowest BCUT2D eigenvalue weighted by atomic mass is 10.1. The molecule has 6 nitrogen and oxygen atoms in total. The summed E-state index contributed by atoms with van der Waals surface area (Å²) in [6.07, 6.45) is 0.507. The van der Waals surface area contributed by atoms with E-state index in [1.165, 1.54) is 23.5 Å². The maximum absolute atomic E-state index is 13.2. The van der Waals surface area contributed by atoms with Crippen molar-refractivity contribution in [1.82, 2.24) is 10.6 Å². The standard InChI is InChI=1S/C22H20ClFN2O4S2/c23-16-5-3-15(4-6-16)11-12-25-21(27)22(28)26-14-20(19-2-1-13-31-19)32(29,30)18-9-7-17(24)8-10-18/h1-10,13,20H,11-12,14H2,(H,25,27)(H,26,28). The Morgan fingerprint density at radius 1 is 0.969 bits per heavy atom. The second-order valence-corrected chi connectivity index (χ2v) is 10.4. The van der Waals surface area contributed by atoms with Crippen molar-refractivity contribution in [3.8, 4) is 0 Å². The number of nitrogens with one attached hydrogen (secondary N) is 2. The van der Waals surface area contributed by atoms with Crippen molar-refractivity contribution in [3.63, 3.8) is 0 Å². The molecule has 0 saturated carbocycles. The number of carbonyl (C=O) groups is 2. The van der Waals surface area contributed by atoms with Crippen molar-refractivity contribution in [2.45, 2.75) is 16.6 Å². The lowest BCUT2D eigenvalue weighted by molar-refractivity contribution is -0.139. The normalized spacial score (nSPS) is 12.2. The fraction of sp³-hybridized carbons (Fsp3) is 0.182. The highest BCUT2D eigenvalue weighted by Crippen LogP contribution is 2.31. The molecule has 2 aromatic carbocycles. The molecule has 1 atom stereocenters. The Kier molecular flexibility index (Phi) is 8.00. The maximum Gasteiger partial charge on any atom is 0.309 e. The fourth-order valence-electron chi connectivity index (χ4n) is 2.94. The predicted octanol–water partition coefficient (Wildman–Crippen LogP) is 3.53. The number of hydrogen-bond acceptors (Lipinski definition) is 5. The van der Waals surface area contributed by atoms with Gasteiger partial charge in [0.15, 0.2) is 9.84 Å².